The molecule has 0 bridgehead atoms. The summed E-state index contributed by atoms with van der Waals surface area (Å²) in [5.41, 5.74) is 2.78. The Morgan fingerprint density at radius 2 is 2.19 bits per heavy atom. The van der Waals surface area contributed by atoms with Crippen molar-refractivity contribution in [1.82, 2.24) is 5.32 Å². The summed E-state index contributed by atoms with van der Waals surface area (Å²) in [6.07, 6.45) is 6.40. The Morgan fingerprint density at radius 3 is 3.00 bits per heavy atom. The highest BCUT2D eigenvalue weighted by atomic mass is 32.1. The van der Waals surface area contributed by atoms with Crippen LogP contribution >= 0.6 is 11.3 Å². The molecule has 2 aliphatic rings. The first-order chi connectivity index (χ1) is 12.5. The quantitative estimate of drug-likeness (QED) is 0.633. The molecule has 1 aliphatic heterocycles. The van der Waals surface area contributed by atoms with E-state index in [0.717, 1.165) is 35.4 Å². The summed E-state index contributed by atoms with van der Waals surface area (Å²) in [6.45, 7) is 2.25. The van der Waals surface area contributed by atoms with E-state index in [4.69, 9.17) is 0 Å². The van der Waals surface area contributed by atoms with Crippen molar-refractivity contribution in [3.05, 3.63) is 62.0 Å². The molecule has 1 aromatic heterocycles. The number of benzene rings is 1. The number of nitro groups is 1. The van der Waals surface area contributed by atoms with Gasteiger partial charge in [0.25, 0.3) is 11.6 Å². The van der Waals surface area contributed by atoms with Crippen LogP contribution in [0.15, 0.2) is 30.3 Å². The summed E-state index contributed by atoms with van der Waals surface area (Å²) in [5.74, 6) is 0.620. The fraction of sp³-hybridized carbons (Fsp3) is 0.316. The zero-order chi connectivity index (χ0) is 18.3. The zero-order valence-electron chi connectivity index (χ0n) is 14.3. The van der Waals surface area contributed by atoms with Crippen molar-refractivity contribution in [1.29, 1.82) is 0 Å². The lowest BCUT2D eigenvalue weighted by Gasteiger charge is -2.24. The molecule has 134 valence electrons. The third-order valence-corrected chi connectivity index (χ3v) is 6.06. The van der Waals surface area contributed by atoms with Gasteiger partial charge in [-0.2, -0.15) is 0 Å². The number of amides is 1. The lowest BCUT2D eigenvalue weighted by atomic mass is 9.88. The van der Waals surface area contributed by atoms with Crippen molar-refractivity contribution in [2.75, 3.05) is 5.32 Å². The van der Waals surface area contributed by atoms with Crippen molar-refractivity contribution < 1.29 is 9.72 Å². The predicted molar refractivity (Wildman–Crippen MR) is 103 cm³/mol. The van der Waals surface area contributed by atoms with E-state index in [1.807, 2.05) is 6.08 Å². The standard InChI is InChI=1S/C19H19N3O3S/c1-11-5-7-14-15(9-11)26-19-17(14)18(23)20-16(21-19)8-6-12-3-2-4-13(10-12)22(24)25/h2-4,6,8,10-11,16,21H,5,7,9H2,1H3,(H,20,23)/b8-6+/t11-,16-/m1/s1. The molecule has 4 rings (SSSR count). The van der Waals surface area contributed by atoms with Crippen LogP contribution in [-0.2, 0) is 12.8 Å². The van der Waals surface area contributed by atoms with Gasteiger partial charge in [-0.15, -0.1) is 11.3 Å². The number of fused-ring (bicyclic) bond motifs is 3. The number of anilines is 1. The smallest absolute Gasteiger partial charge is 0.270 e. The van der Waals surface area contributed by atoms with Crippen LogP contribution in [0.2, 0.25) is 0 Å². The van der Waals surface area contributed by atoms with Crippen molar-refractivity contribution >= 4 is 34.0 Å². The molecule has 0 spiro atoms. The average Bonchev–Trinajstić information content (AvgIpc) is 2.97. The molecule has 1 amide bonds. The molecule has 0 fully saturated rings. The van der Waals surface area contributed by atoms with E-state index in [2.05, 4.69) is 17.6 Å². The third-order valence-electron chi connectivity index (χ3n) is 4.87. The lowest BCUT2D eigenvalue weighted by Crippen LogP contribution is -2.43. The van der Waals surface area contributed by atoms with E-state index in [0.29, 0.717) is 5.92 Å². The number of carbonyl (C=O) groups excluding carboxylic acids is 1. The average molecular weight is 369 g/mol. The van der Waals surface area contributed by atoms with Crippen LogP contribution in [0, 0.1) is 16.0 Å². The molecule has 7 heteroatoms. The lowest BCUT2D eigenvalue weighted by molar-refractivity contribution is -0.384. The summed E-state index contributed by atoms with van der Waals surface area (Å²) in [7, 11) is 0. The molecule has 0 saturated heterocycles. The van der Waals surface area contributed by atoms with E-state index < -0.39 is 4.92 Å². The summed E-state index contributed by atoms with van der Waals surface area (Å²) in [4.78, 5) is 24.4. The Balaban J connectivity index is 1.55. The second-order valence-electron chi connectivity index (χ2n) is 6.86. The molecule has 2 aromatic rings. The summed E-state index contributed by atoms with van der Waals surface area (Å²) in [6, 6.07) is 6.42. The minimum atomic E-state index is -0.415. The zero-order valence-corrected chi connectivity index (χ0v) is 15.1. The van der Waals surface area contributed by atoms with Gasteiger partial charge in [0.2, 0.25) is 0 Å². The summed E-state index contributed by atoms with van der Waals surface area (Å²) < 4.78 is 0. The van der Waals surface area contributed by atoms with Gasteiger partial charge in [-0.25, -0.2) is 0 Å². The molecule has 0 saturated carbocycles. The van der Waals surface area contributed by atoms with Gasteiger partial charge < -0.3 is 10.6 Å². The topological polar surface area (TPSA) is 84.3 Å². The second kappa shape index (κ2) is 6.57. The number of nitro benzene ring substituents is 1. The van der Waals surface area contributed by atoms with Gasteiger partial charge in [-0.3, -0.25) is 14.9 Å². The molecule has 6 nitrogen and oxygen atoms in total. The van der Waals surface area contributed by atoms with Crippen LogP contribution in [0.4, 0.5) is 10.7 Å². The Labute approximate surface area is 155 Å². The summed E-state index contributed by atoms with van der Waals surface area (Å²) >= 11 is 1.68. The van der Waals surface area contributed by atoms with E-state index in [1.54, 1.807) is 29.5 Å². The van der Waals surface area contributed by atoms with E-state index in [1.165, 1.54) is 22.6 Å². The van der Waals surface area contributed by atoms with Crippen molar-refractivity contribution in [2.45, 2.75) is 32.4 Å². The van der Waals surface area contributed by atoms with Crippen LogP contribution in [0.1, 0.15) is 39.7 Å². The number of thiophene rings is 1. The number of rotatable bonds is 3. The maximum atomic E-state index is 12.6. The SMILES string of the molecule is C[C@@H]1CCc2c(sc3c2C(=O)N[C@@H](/C=C/c2cccc([N+](=O)[O-])c2)N3)C1. The number of carbonyl (C=O) groups is 1. The van der Waals surface area contributed by atoms with E-state index in [9.17, 15) is 14.9 Å². The minimum Gasteiger partial charge on any atom is -0.353 e. The Hall–Kier alpha value is -2.67. The number of hydrogen-bond acceptors (Lipinski definition) is 5. The van der Waals surface area contributed by atoms with Crippen LogP contribution in [0.25, 0.3) is 6.08 Å². The fourth-order valence-electron chi connectivity index (χ4n) is 3.53. The van der Waals surface area contributed by atoms with Crippen LogP contribution in [0.3, 0.4) is 0 Å². The van der Waals surface area contributed by atoms with Gasteiger partial charge in [-0.05, 0) is 42.4 Å². The van der Waals surface area contributed by atoms with Gasteiger partial charge in [0.1, 0.15) is 11.2 Å². The van der Waals surface area contributed by atoms with Gasteiger partial charge in [0, 0.05) is 17.0 Å². The normalized spacial score (nSPS) is 21.7. The second-order valence-corrected chi connectivity index (χ2v) is 7.97. The largest absolute Gasteiger partial charge is 0.353 e. The van der Waals surface area contributed by atoms with Gasteiger partial charge >= 0.3 is 0 Å². The fourth-order valence-corrected chi connectivity index (χ4v) is 4.97. The van der Waals surface area contributed by atoms with Gasteiger partial charge in [0.05, 0.1) is 10.5 Å². The van der Waals surface area contributed by atoms with Crippen molar-refractivity contribution in [3.63, 3.8) is 0 Å². The van der Waals surface area contributed by atoms with Crippen molar-refractivity contribution in [2.24, 2.45) is 5.92 Å². The number of hydrogen-bond donors (Lipinski definition) is 2. The first kappa shape index (κ1) is 16.8. The molecule has 1 aromatic carbocycles. The predicted octanol–water partition coefficient (Wildman–Crippen LogP) is 3.98. The number of non-ortho nitro benzene ring substituents is 1. The molecule has 26 heavy (non-hydrogen) atoms. The van der Waals surface area contributed by atoms with Gasteiger partial charge in [-0.1, -0.05) is 25.1 Å². The minimum absolute atomic E-state index is 0.0421. The first-order valence-corrected chi connectivity index (χ1v) is 9.47. The van der Waals surface area contributed by atoms with Gasteiger partial charge in [0.15, 0.2) is 0 Å². The van der Waals surface area contributed by atoms with Crippen molar-refractivity contribution in [3.8, 4) is 0 Å². The molecule has 2 heterocycles. The Morgan fingerprint density at radius 1 is 1.35 bits per heavy atom. The maximum Gasteiger partial charge on any atom is 0.270 e. The highest BCUT2D eigenvalue weighted by Crippen LogP contribution is 2.41. The molecular weight excluding hydrogens is 350 g/mol. The molecule has 0 radical (unpaired) electrons. The summed E-state index contributed by atoms with van der Waals surface area (Å²) in [5, 5.41) is 18.1. The number of nitrogens with zero attached hydrogens (tertiary/aromatic N) is 1. The molecular formula is C19H19N3O3S. The van der Waals surface area contributed by atoms with E-state index in [-0.39, 0.29) is 17.8 Å². The monoisotopic (exact) mass is 369 g/mol. The molecule has 2 atom stereocenters. The number of nitrogens with one attached hydrogen (secondary N) is 2. The molecule has 2 N–H and O–H groups in total. The van der Waals surface area contributed by atoms with E-state index >= 15 is 0 Å². The highest BCUT2D eigenvalue weighted by molar-refractivity contribution is 7.16. The van der Waals surface area contributed by atoms with Crippen LogP contribution in [0.5, 0.6) is 0 Å². The Bertz CT molecular complexity index is 919. The van der Waals surface area contributed by atoms with Crippen LogP contribution in [-0.4, -0.2) is 17.0 Å². The third kappa shape index (κ3) is 3.10. The molecule has 0 unspecified atom stereocenters. The first-order valence-electron chi connectivity index (χ1n) is 8.66. The maximum absolute atomic E-state index is 12.6. The molecule has 1 aliphatic carbocycles. The van der Waals surface area contributed by atoms with Crippen LogP contribution < -0.4 is 10.6 Å². The highest BCUT2D eigenvalue weighted by Gasteiger charge is 2.31. The Kier molecular flexibility index (Phi) is 4.24.